The van der Waals surface area contributed by atoms with Crippen LogP contribution in [0.2, 0.25) is 0 Å². The molecule has 4 rings (SSSR count). The highest BCUT2D eigenvalue weighted by atomic mass is 16.2. The van der Waals surface area contributed by atoms with Gasteiger partial charge in [-0.15, -0.1) is 0 Å². The quantitative estimate of drug-likeness (QED) is 0.880. The van der Waals surface area contributed by atoms with E-state index in [1.54, 1.807) is 0 Å². The number of amides is 1. The van der Waals surface area contributed by atoms with Crippen molar-refractivity contribution in [1.82, 2.24) is 15.5 Å². The number of hydrogen-bond donors (Lipinski definition) is 2. The maximum Gasteiger partial charge on any atom is 0.272 e. The third-order valence-corrected chi connectivity index (χ3v) is 5.03. The van der Waals surface area contributed by atoms with E-state index in [9.17, 15) is 4.79 Å². The fourth-order valence-corrected chi connectivity index (χ4v) is 3.72. The normalized spacial score (nSPS) is 23.9. The van der Waals surface area contributed by atoms with E-state index in [4.69, 9.17) is 0 Å². The Balaban J connectivity index is 1.51. The monoisotopic (exact) mass is 269 g/mol. The zero-order chi connectivity index (χ0) is 13.6. The highest BCUT2D eigenvalue weighted by Crippen LogP contribution is 2.56. The van der Waals surface area contributed by atoms with Gasteiger partial charge < -0.3 is 5.32 Å². The summed E-state index contributed by atoms with van der Waals surface area (Å²) in [6, 6.07) is 8.13. The number of benzene rings is 1. The maximum atomic E-state index is 12.4. The number of carbonyl (C=O) groups excluding carboxylic acids is 1. The molecule has 2 saturated carbocycles. The van der Waals surface area contributed by atoms with Crippen molar-refractivity contribution in [2.24, 2.45) is 5.41 Å². The number of fused-ring (bicyclic) bond motifs is 1. The Morgan fingerprint density at radius 1 is 1.25 bits per heavy atom. The van der Waals surface area contributed by atoms with Gasteiger partial charge in [-0.3, -0.25) is 9.89 Å². The Hall–Kier alpha value is -1.84. The summed E-state index contributed by atoms with van der Waals surface area (Å²) in [5.74, 6) is -0.0325. The topological polar surface area (TPSA) is 57.8 Å². The van der Waals surface area contributed by atoms with Gasteiger partial charge in [-0.2, -0.15) is 5.10 Å². The van der Waals surface area contributed by atoms with Crippen LogP contribution in [0.4, 0.5) is 0 Å². The largest absolute Gasteiger partial charge is 0.347 e. The molecule has 1 heterocycles. The summed E-state index contributed by atoms with van der Waals surface area (Å²) in [6.45, 7) is 0. The molecule has 0 aliphatic heterocycles. The number of para-hydroxylation sites is 1. The van der Waals surface area contributed by atoms with Crippen LogP contribution in [0.25, 0.3) is 10.9 Å². The van der Waals surface area contributed by atoms with E-state index in [1.807, 2.05) is 24.3 Å². The predicted octanol–water partition coefficient (Wildman–Crippen LogP) is 3.02. The molecular formula is C16H19N3O. The van der Waals surface area contributed by atoms with Crippen molar-refractivity contribution in [2.75, 3.05) is 0 Å². The van der Waals surface area contributed by atoms with Crippen molar-refractivity contribution in [2.45, 2.75) is 44.6 Å². The molecule has 0 saturated heterocycles. The van der Waals surface area contributed by atoms with Crippen LogP contribution >= 0.6 is 0 Å². The molecule has 104 valence electrons. The summed E-state index contributed by atoms with van der Waals surface area (Å²) in [5, 5.41) is 11.2. The molecule has 1 amide bonds. The molecule has 2 N–H and O–H groups in total. The standard InChI is InChI=1S/C16H19N3O/c20-15(14-11-6-2-3-7-12(11)18-19-14)17-13-10-16(13)8-4-1-5-9-16/h2-3,6-7,13H,1,4-5,8-10H2,(H,17,20)(H,18,19). The van der Waals surface area contributed by atoms with Crippen molar-refractivity contribution in [3.05, 3.63) is 30.0 Å². The number of rotatable bonds is 2. The number of nitrogens with zero attached hydrogens (tertiary/aromatic N) is 1. The average molecular weight is 269 g/mol. The zero-order valence-electron chi connectivity index (χ0n) is 11.5. The first-order valence-electron chi connectivity index (χ1n) is 7.52. The smallest absolute Gasteiger partial charge is 0.272 e. The number of nitrogens with one attached hydrogen (secondary N) is 2. The molecule has 4 heteroatoms. The van der Waals surface area contributed by atoms with Crippen LogP contribution in [0.1, 0.15) is 49.0 Å². The summed E-state index contributed by atoms with van der Waals surface area (Å²) < 4.78 is 0. The Morgan fingerprint density at radius 3 is 2.90 bits per heavy atom. The van der Waals surface area contributed by atoms with Crippen LogP contribution in [-0.2, 0) is 0 Å². The summed E-state index contributed by atoms with van der Waals surface area (Å²) in [6.07, 6.45) is 7.70. The van der Waals surface area contributed by atoms with E-state index in [-0.39, 0.29) is 5.91 Å². The summed E-state index contributed by atoms with van der Waals surface area (Å²) in [7, 11) is 0. The van der Waals surface area contributed by atoms with Gasteiger partial charge in [0.25, 0.3) is 5.91 Å². The van der Waals surface area contributed by atoms with Gasteiger partial charge in [-0.05, 0) is 30.7 Å². The Morgan fingerprint density at radius 2 is 2.05 bits per heavy atom. The number of aromatic nitrogens is 2. The lowest BCUT2D eigenvalue weighted by Crippen LogP contribution is -2.31. The molecule has 2 fully saturated rings. The fraction of sp³-hybridized carbons (Fsp3) is 0.500. The van der Waals surface area contributed by atoms with Gasteiger partial charge >= 0.3 is 0 Å². The minimum atomic E-state index is -0.0325. The zero-order valence-corrected chi connectivity index (χ0v) is 11.5. The molecule has 1 atom stereocenters. The molecule has 2 aliphatic carbocycles. The molecule has 2 aliphatic rings. The second-order valence-corrected chi connectivity index (χ2v) is 6.27. The molecule has 20 heavy (non-hydrogen) atoms. The first-order chi connectivity index (χ1) is 9.78. The van der Waals surface area contributed by atoms with E-state index < -0.39 is 0 Å². The molecule has 1 unspecified atom stereocenters. The molecule has 0 bridgehead atoms. The van der Waals surface area contributed by atoms with Gasteiger partial charge in [0.1, 0.15) is 0 Å². The number of H-pyrrole nitrogens is 1. The maximum absolute atomic E-state index is 12.4. The molecule has 1 aromatic heterocycles. The molecule has 1 spiro atoms. The third kappa shape index (κ3) is 1.82. The molecule has 4 nitrogen and oxygen atoms in total. The van der Waals surface area contributed by atoms with Crippen LogP contribution in [0.3, 0.4) is 0 Å². The van der Waals surface area contributed by atoms with Gasteiger partial charge in [-0.25, -0.2) is 0 Å². The second-order valence-electron chi connectivity index (χ2n) is 6.27. The van der Waals surface area contributed by atoms with Crippen molar-refractivity contribution in [1.29, 1.82) is 0 Å². The highest BCUT2D eigenvalue weighted by molar-refractivity contribution is 6.04. The van der Waals surface area contributed by atoms with Crippen LogP contribution in [-0.4, -0.2) is 22.1 Å². The lowest BCUT2D eigenvalue weighted by molar-refractivity contribution is 0.0938. The van der Waals surface area contributed by atoms with Gasteiger partial charge in [-0.1, -0.05) is 37.5 Å². The molecule has 0 radical (unpaired) electrons. The van der Waals surface area contributed by atoms with Crippen LogP contribution in [0.5, 0.6) is 0 Å². The second kappa shape index (κ2) is 4.33. The lowest BCUT2D eigenvalue weighted by atomic mass is 9.86. The Bertz CT molecular complexity index is 655. The average Bonchev–Trinajstić information content (AvgIpc) is 2.96. The van der Waals surface area contributed by atoms with Crippen LogP contribution in [0.15, 0.2) is 24.3 Å². The highest BCUT2D eigenvalue weighted by Gasteiger charge is 2.54. The first kappa shape index (κ1) is 11.9. The van der Waals surface area contributed by atoms with Gasteiger partial charge in [0.2, 0.25) is 0 Å². The number of hydrogen-bond acceptors (Lipinski definition) is 2. The first-order valence-corrected chi connectivity index (χ1v) is 7.52. The number of aromatic amines is 1. The minimum Gasteiger partial charge on any atom is -0.347 e. The van der Waals surface area contributed by atoms with Gasteiger partial charge in [0, 0.05) is 11.4 Å². The predicted molar refractivity (Wildman–Crippen MR) is 77.5 cm³/mol. The van der Waals surface area contributed by atoms with E-state index in [2.05, 4.69) is 15.5 Å². The van der Waals surface area contributed by atoms with Gasteiger partial charge in [0.05, 0.1) is 5.52 Å². The summed E-state index contributed by atoms with van der Waals surface area (Å²) in [4.78, 5) is 12.4. The molecule has 2 aromatic rings. The number of carbonyl (C=O) groups is 1. The summed E-state index contributed by atoms with van der Waals surface area (Å²) in [5.41, 5.74) is 1.86. The van der Waals surface area contributed by atoms with Crippen molar-refractivity contribution in [3.8, 4) is 0 Å². The van der Waals surface area contributed by atoms with Crippen LogP contribution in [0, 0.1) is 5.41 Å². The molecular weight excluding hydrogens is 250 g/mol. The minimum absolute atomic E-state index is 0.0325. The Kier molecular flexibility index (Phi) is 2.59. The Labute approximate surface area is 117 Å². The van der Waals surface area contributed by atoms with E-state index in [0.717, 1.165) is 17.3 Å². The third-order valence-electron chi connectivity index (χ3n) is 5.03. The van der Waals surface area contributed by atoms with Crippen molar-refractivity contribution in [3.63, 3.8) is 0 Å². The van der Waals surface area contributed by atoms with E-state index in [1.165, 1.54) is 32.1 Å². The van der Waals surface area contributed by atoms with Crippen molar-refractivity contribution < 1.29 is 4.79 Å². The SMILES string of the molecule is O=C(NC1CC12CCCCC2)c1n[nH]c2ccccc12. The van der Waals surface area contributed by atoms with Crippen LogP contribution < -0.4 is 5.32 Å². The van der Waals surface area contributed by atoms with Gasteiger partial charge in [0.15, 0.2) is 5.69 Å². The lowest BCUT2D eigenvalue weighted by Gasteiger charge is -2.22. The summed E-state index contributed by atoms with van der Waals surface area (Å²) >= 11 is 0. The van der Waals surface area contributed by atoms with Crippen molar-refractivity contribution >= 4 is 16.8 Å². The van der Waals surface area contributed by atoms with E-state index >= 15 is 0 Å². The fourth-order valence-electron chi connectivity index (χ4n) is 3.72. The van der Waals surface area contributed by atoms with E-state index in [0.29, 0.717) is 17.2 Å². The molecule has 1 aromatic carbocycles.